The lowest BCUT2D eigenvalue weighted by atomic mass is 9.60. The molecule has 4 heterocycles. The number of halogens is 1. The smallest absolute Gasteiger partial charge is 0.189 e. The van der Waals surface area contributed by atoms with Gasteiger partial charge in [-0.3, -0.25) is 9.78 Å². The molecule has 0 spiro atoms. The second-order valence-electron chi connectivity index (χ2n) is 9.40. The molecule has 1 aliphatic heterocycles. The van der Waals surface area contributed by atoms with Crippen molar-refractivity contribution < 1.29 is 9.18 Å². The molecule has 0 saturated carbocycles. The molecule has 1 fully saturated rings. The van der Waals surface area contributed by atoms with Gasteiger partial charge >= 0.3 is 0 Å². The van der Waals surface area contributed by atoms with E-state index in [4.69, 9.17) is 0 Å². The molecule has 6 rings (SSSR count). The molecule has 184 valence electrons. The Morgan fingerprint density at radius 3 is 2.78 bits per heavy atom. The molecule has 0 N–H and O–H groups in total. The summed E-state index contributed by atoms with van der Waals surface area (Å²) < 4.78 is 17.7. The molecular formula is C26H26FN7OS. The summed E-state index contributed by atoms with van der Waals surface area (Å²) in [7, 11) is 0. The Labute approximate surface area is 212 Å². The Kier molecular flexibility index (Phi) is 5.93. The first-order chi connectivity index (χ1) is 17.6. The number of rotatable bonds is 6. The van der Waals surface area contributed by atoms with E-state index in [1.54, 1.807) is 41.3 Å². The number of carbonyl (C=O) groups is 1. The normalized spacial score (nSPS) is 21.7. The van der Waals surface area contributed by atoms with Gasteiger partial charge in [0.25, 0.3) is 0 Å². The fraction of sp³-hybridized carbons (Fsp3) is 0.346. The molecule has 2 atom stereocenters. The maximum absolute atomic E-state index is 14.1. The average Bonchev–Trinajstić information content (AvgIpc) is 3.54. The summed E-state index contributed by atoms with van der Waals surface area (Å²) in [6.07, 6.45) is 7.50. The molecule has 10 heteroatoms. The molecular weight excluding hydrogens is 477 g/mol. The van der Waals surface area contributed by atoms with Gasteiger partial charge in [0, 0.05) is 25.0 Å². The molecule has 3 aromatic heterocycles. The third-order valence-electron chi connectivity index (χ3n) is 7.31. The number of carbonyl (C=O) groups excluding carboxylic acids is 1. The summed E-state index contributed by atoms with van der Waals surface area (Å²) in [4.78, 5) is 20.2. The number of hydrogen-bond acceptors (Lipinski definition) is 7. The van der Waals surface area contributed by atoms with Crippen molar-refractivity contribution in [1.82, 2.24) is 34.1 Å². The zero-order valence-electron chi connectivity index (χ0n) is 19.9. The van der Waals surface area contributed by atoms with Gasteiger partial charge in [-0.2, -0.15) is 15.0 Å². The number of aryl methyl sites for hydroxylation is 1. The Morgan fingerprint density at radius 1 is 1.17 bits per heavy atom. The summed E-state index contributed by atoms with van der Waals surface area (Å²) in [6, 6.07) is 11.9. The van der Waals surface area contributed by atoms with Crippen molar-refractivity contribution in [3.05, 3.63) is 83.8 Å². The molecule has 0 bridgehead atoms. The summed E-state index contributed by atoms with van der Waals surface area (Å²) in [6.45, 7) is 4.15. The number of fused-ring (bicyclic) bond motifs is 2. The van der Waals surface area contributed by atoms with Crippen molar-refractivity contribution in [2.45, 2.75) is 37.8 Å². The van der Waals surface area contributed by atoms with Crippen LogP contribution in [0.5, 0.6) is 0 Å². The molecule has 1 aromatic carbocycles. The quantitative estimate of drug-likeness (QED) is 0.290. The van der Waals surface area contributed by atoms with Crippen LogP contribution in [-0.2, 0) is 19.4 Å². The largest absolute Gasteiger partial charge is 0.292 e. The zero-order chi connectivity index (χ0) is 24.7. The van der Waals surface area contributed by atoms with E-state index in [2.05, 4.69) is 24.6 Å². The third-order valence-corrected chi connectivity index (χ3v) is 8.25. The molecule has 36 heavy (non-hydrogen) atoms. The van der Waals surface area contributed by atoms with Crippen LogP contribution in [0, 0.1) is 17.2 Å². The minimum atomic E-state index is -0.621. The maximum atomic E-state index is 14.1. The van der Waals surface area contributed by atoms with Crippen molar-refractivity contribution in [2.75, 3.05) is 13.1 Å². The molecule has 0 unspecified atom stereocenters. The maximum Gasteiger partial charge on any atom is 0.189 e. The number of aromatic nitrogens is 6. The van der Waals surface area contributed by atoms with Crippen LogP contribution in [0.2, 0.25) is 0 Å². The summed E-state index contributed by atoms with van der Waals surface area (Å²) in [5.41, 5.74) is 2.87. The molecule has 2 aliphatic rings. The van der Waals surface area contributed by atoms with Crippen molar-refractivity contribution in [2.24, 2.45) is 11.3 Å². The Hall–Kier alpha value is -3.37. The number of nitrogens with zero attached hydrogens (tertiary/aromatic N) is 7. The Morgan fingerprint density at radius 2 is 2.03 bits per heavy atom. The second kappa shape index (κ2) is 9.25. The van der Waals surface area contributed by atoms with Crippen molar-refractivity contribution in [1.29, 1.82) is 0 Å². The topological polar surface area (TPSA) is 81.7 Å². The average molecular weight is 504 g/mol. The van der Waals surface area contributed by atoms with Crippen LogP contribution in [0.3, 0.4) is 0 Å². The van der Waals surface area contributed by atoms with Gasteiger partial charge in [-0.15, -0.1) is 5.10 Å². The molecule has 1 saturated heterocycles. The predicted molar refractivity (Wildman–Crippen MR) is 133 cm³/mol. The molecule has 1 aliphatic carbocycles. The first-order valence-electron chi connectivity index (χ1n) is 12.2. The van der Waals surface area contributed by atoms with E-state index in [0.29, 0.717) is 25.2 Å². The molecule has 0 amide bonds. The van der Waals surface area contributed by atoms with E-state index in [9.17, 15) is 9.18 Å². The Balaban J connectivity index is 1.36. The van der Waals surface area contributed by atoms with Crippen LogP contribution < -0.4 is 0 Å². The van der Waals surface area contributed by atoms with Gasteiger partial charge in [0.15, 0.2) is 10.8 Å². The van der Waals surface area contributed by atoms with E-state index in [1.165, 1.54) is 12.1 Å². The van der Waals surface area contributed by atoms with Gasteiger partial charge in [-0.25, -0.2) is 13.4 Å². The summed E-state index contributed by atoms with van der Waals surface area (Å²) in [5, 5.41) is 14.3. The highest BCUT2D eigenvalue weighted by Crippen LogP contribution is 2.49. The van der Waals surface area contributed by atoms with E-state index in [0.717, 1.165) is 41.4 Å². The van der Waals surface area contributed by atoms with E-state index >= 15 is 0 Å². The summed E-state index contributed by atoms with van der Waals surface area (Å²) in [5.74, 6) is -0.0574. The lowest BCUT2D eigenvalue weighted by Crippen LogP contribution is -2.55. The number of benzene rings is 1. The molecule has 4 aromatic rings. The number of Topliss-reactive ketones (excluding diaryl/α,β-unsaturated/α-hetero) is 1. The van der Waals surface area contributed by atoms with Crippen LogP contribution >= 0.6 is 11.9 Å². The van der Waals surface area contributed by atoms with E-state index in [-0.39, 0.29) is 17.5 Å². The fourth-order valence-electron chi connectivity index (χ4n) is 5.52. The van der Waals surface area contributed by atoms with Crippen LogP contribution in [-0.4, -0.2) is 52.9 Å². The standard InChI is InChI=1S/C26H26FN7OS/c1-2-33-29-16-24(31-33)36-32-12-10-19-13-23-18(15-30-34(23)21-8-6-20(27)7-9-21)14-26(19,17-32)25(35)22-5-3-4-11-28-22/h3-9,11,15-16,19H,2,10,12-14,17H2,1H3/t19-,26-/m0/s1. The van der Waals surface area contributed by atoms with E-state index in [1.807, 2.05) is 36.0 Å². The lowest BCUT2D eigenvalue weighted by molar-refractivity contribution is 0.0411. The Bertz CT molecular complexity index is 1390. The highest BCUT2D eigenvalue weighted by atomic mass is 32.2. The molecule has 0 radical (unpaired) electrons. The van der Waals surface area contributed by atoms with Crippen LogP contribution in [0.25, 0.3) is 5.69 Å². The monoisotopic (exact) mass is 503 g/mol. The van der Waals surface area contributed by atoms with Crippen LogP contribution in [0.1, 0.15) is 35.1 Å². The number of hydrogen-bond donors (Lipinski definition) is 0. The van der Waals surface area contributed by atoms with Crippen molar-refractivity contribution in [3.8, 4) is 5.69 Å². The number of pyridine rings is 1. The second-order valence-corrected chi connectivity index (χ2v) is 10.5. The van der Waals surface area contributed by atoms with Crippen molar-refractivity contribution >= 4 is 17.7 Å². The van der Waals surface area contributed by atoms with E-state index < -0.39 is 5.41 Å². The lowest BCUT2D eigenvalue weighted by Gasteiger charge is -2.49. The number of ketones is 1. The van der Waals surface area contributed by atoms with Crippen LogP contribution in [0.4, 0.5) is 4.39 Å². The third kappa shape index (κ3) is 4.04. The van der Waals surface area contributed by atoms with Crippen molar-refractivity contribution in [3.63, 3.8) is 0 Å². The minimum Gasteiger partial charge on any atom is -0.292 e. The SMILES string of the molecule is CCn1ncc(SN2CC[C@H]3Cc4c(cnn4-c4ccc(F)cc4)C[C@]3(C(=O)c3ccccn3)C2)n1. The van der Waals surface area contributed by atoms with Gasteiger partial charge < -0.3 is 0 Å². The zero-order valence-corrected chi connectivity index (χ0v) is 20.7. The highest BCUT2D eigenvalue weighted by Gasteiger charge is 2.53. The van der Waals surface area contributed by atoms with Crippen LogP contribution in [0.15, 0.2) is 66.1 Å². The first kappa shape index (κ1) is 23.1. The predicted octanol–water partition coefficient (Wildman–Crippen LogP) is 4.01. The van der Waals surface area contributed by atoms with Gasteiger partial charge in [0.05, 0.1) is 30.0 Å². The first-order valence-corrected chi connectivity index (χ1v) is 12.9. The van der Waals surface area contributed by atoms with Gasteiger partial charge in [-0.05, 0) is 86.0 Å². The van der Waals surface area contributed by atoms with Gasteiger partial charge in [-0.1, -0.05) is 6.07 Å². The molecule has 8 nitrogen and oxygen atoms in total. The number of piperidine rings is 1. The van der Waals surface area contributed by atoms with Gasteiger partial charge in [0.2, 0.25) is 0 Å². The fourth-order valence-corrected chi connectivity index (χ4v) is 6.50. The summed E-state index contributed by atoms with van der Waals surface area (Å²) >= 11 is 1.56. The highest BCUT2D eigenvalue weighted by molar-refractivity contribution is 7.97. The minimum absolute atomic E-state index is 0.0794. The van der Waals surface area contributed by atoms with Gasteiger partial charge in [0.1, 0.15) is 11.5 Å².